The number of carbonyl (C=O) groups excluding carboxylic acids is 1. The van der Waals surface area contributed by atoms with Gasteiger partial charge in [0.2, 0.25) is 5.91 Å². The lowest BCUT2D eigenvalue weighted by Gasteiger charge is -2.14. The lowest BCUT2D eigenvalue weighted by atomic mass is 10.2. The third-order valence-corrected chi connectivity index (χ3v) is 5.02. The normalized spacial score (nSPS) is 11.0. The van der Waals surface area contributed by atoms with Crippen molar-refractivity contribution in [3.05, 3.63) is 47.0 Å². The molecule has 1 amide bonds. The van der Waals surface area contributed by atoms with Crippen LogP contribution in [0, 0.1) is 0 Å². The van der Waals surface area contributed by atoms with E-state index >= 15 is 0 Å². The number of nitrogens with one attached hydrogen (secondary N) is 1. The molecule has 0 aliphatic heterocycles. The topological polar surface area (TPSA) is 108 Å². The standard InChI is InChI=1S/C17H19ClN2O5S/c1-3-24-15-8-6-12(10-16(15)25-4-2)26(22,23)20-11-5-7-14(18)13(9-11)17(19)21/h5-10,20H,3-4H2,1-2H3,(H2,19,21). The van der Waals surface area contributed by atoms with E-state index in [0.29, 0.717) is 24.7 Å². The summed E-state index contributed by atoms with van der Waals surface area (Å²) < 4.78 is 38.5. The first-order valence-corrected chi connectivity index (χ1v) is 9.66. The van der Waals surface area contributed by atoms with Gasteiger partial charge in [0.25, 0.3) is 10.0 Å². The van der Waals surface area contributed by atoms with Crippen molar-refractivity contribution < 1.29 is 22.7 Å². The maximum atomic E-state index is 12.6. The van der Waals surface area contributed by atoms with Crippen LogP contribution in [0.25, 0.3) is 0 Å². The zero-order valence-electron chi connectivity index (χ0n) is 14.3. The van der Waals surface area contributed by atoms with Gasteiger partial charge in [-0.1, -0.05) is 11.6 Å². The first-order chi connectivity index (χ1) is 12.3. The minimum absolute atomic E-state index is 0.0139. The summed E-state index contributed by atoms with van der Waals surface area (Å²) in [6, 6.07) is 8.41. The molecular formula is C17H19ClN2O5S. The number of amides is 1. The molecule has 0 spiro atoms. The zero-order valence-corrected chi connectivity index (χ0v) is 15.9. The maximum Gasteiger partial charge on any atom is 0.262 e. The quantitative estimate of drug-likeness (QED) is 0.710. The van der Waals surface area contributed by atoms with E-state index in [0.717, 1.165) is 0 Å². The maximum absolute atomic E-state index is 12.6. The minimum Gasteiger partial charge on any atom is -0.490 e. The highest BCUT2D eigenvalue weighted by atomic mass is 35.5. The summed E-state index contributed by atoms with van der Waals surface area (Å²) in [6.45, 7) is 4.38. The summed E-state index contributed by atoms with van der Waals surface area (Å²) in [5.41, 5.74) is 5.41. The molecule has 0 atom stereocenters. The van der Waals surface area contributed by atoms with Crippen LogP contribution in [0.4, 0.5) is 5.69 Å². The van der Waals surface area contributed by atoms with Gasteiger partial charge in [0.1, 0.15) is 0 Å². The molecule has 26 heavy (non-hydrogen) atoms. The van der Waals surface area contributed by atoms with E-state index in [2.05, 4.69) is 4.72 Å². The summed E-state index contributed by atoms with van der Waals surface area (Å²) in [5, 5.41) is 0.139. The molecule has 9 heteroatoms. The molecule has 140 valence electrons. The summed E-state index contributed by atoms with van der Waals surface area (Å²) in [5.74, 6) is 0.0257. The Morgan fingerprint density at radius 2 is 1.73 bits per heavy atom. The molecule has 0 bridgehead atoms. The van der Waals surface area contributed by atoms with Crippen LogP contribution in [-0.4, -0.2) is 27.5 Å². The van der Waals surface area contributed by atoms with Gasteiger partial charge >= 0.3 is 0 Å². The number of nitrogens with two attached hydrogens (primary N) is 1. The second kappa shape index (κ2) is 8.29. The van der Waals surface area contributed by atoms with Crippen LogP contribution in [-0.2, 0) is 10.0 Å². The highest BCUT2D eigenvalue weighted by molar-refractivity contribution is 7.92. The van der Waals surface area contributed by atoms with E-state index in [1.165, 1.54) is 36.4 Å². The van der Waals surface area contributed by atoms with Crippen molar-refractivity contribution in [1.82, 2.24) is 0 Å². The number of rotatable bonds is 8. The van der Waals surface area contributed by atoms with Gasteiger partial charge in [-0.15, -0.1) is 0 Å². The number of benzene rings is 2. The van der Waals surface area contributed by atoms with E-state index in [4.69, 9.17) is 26.8 Å². The Hall–Kier alpha value is -2.45. The van der Waals surface area contributed by atoms with Crippen LogP contribution < -0.4 is 19.9 Å². The average Bonchev–Trinajstić information content (AvgIpc) is 2.58. The lowest BCUT2D eigenvalue weighted by molar-refractivity contribution is 0.100. The van der Waals surface area contributed by atoms with E-state index in [1.54, 1.807) is 6.92 Å². The molecule has 0 fully saturated rings. The fraction of sp³-hybridized carbons (Fsp3) is 0.235. The molecule has 0 radical (unpaired) electrons. The first kappa shape index (κ1) is 19.9. The SMILES string of the molecule is CCOc1ccc(S(=O)(=O)Nc2ccc(Cl)c(C(N)=O)c2)cc1OCC. The van der Waals surface area contributed by atoms with Crippen LogP contribution in [0.1, 0.15) is 24.2 Å². The largest absolute Gasteiger partial charge is 0.490 e. The Morgan fingerprint density at radius 1 is 1.08 bits per heavy atom. The molecule has 0 saturated carbocycles. The van der Waals surface area contributed by atoms with Gasteiger partial charge in [-0.2, -0.15) is 0 Å². The average molecular weight is 399 g/mol. The van der Waals surface area contributed by atoms with Gasteiger partial charge in [-0.05, 0) is 44.2 Å². The van der Waals surface area contributed by atoms with E-state index in [-0.39, 0.29) is 21.2 Å². The first-order valence-electron chi connectivity index (χ1n) is 7.80. The number of hydrogen-bond acceptors (Lipinski definition) is 5. The van der Waals surface area contributed by atoms with Crippen LogP contribution in [0.3, 0.4) is 0 Å². The van der Waals surface area contributed by atoms with Gasteiger partial charge in [0.05, 0.1) is 28.7 Å². The summed E-state index contributed by atoms with van der Waals surface area (Å²) >= 11 is 5.87. The molecule has 0 heterocycles. The van der Waals surface area contributed by atoms with Gasteiger partial charge in [0.15, 0.2) is 11.5 Å². The Kier molecular flexibility index (Phi) is 6.33. The molecule has 0 aliphatic carbocycles. The fourth-order valence-electron chi connectivity index (χ4n) is 2.19. The molecule has 0 saturated heterocycles. The number of carbonyl (C=O) groups is 1. The summed E-state index contributed by atoms with van der Waals surface area (Å²) in [4.78, 5) is 11.3. The number of halogens is 1. The molecule has 2 rings (SSSR count). The van der Waals surface area contributed by atoms with E-state index in [1.807, 2.05) is 6.92 Å². The van der Waals surface area contributed by atoms with Gasteiger partial charge in [-0.3, -0.25) is 9.52 Å². The smallest absolute Gasteiger partial charge is 0.262 e. The number of ether oxygens (including phenoxy) is 2. The Labute approximate surface area is 157 Å². The zero-order chi connectivity index (χ0) is 19.3. The van der Waals surface area contributed by atoms with Crippen LogP contribution in [0.5, 0.6) is 11.5 Å². The number of hydrogen-bond donors (Lipinski definition) is 2. The second-order valence-electron chi connectivity index (χ2n) is 5.14. The molecule has 2 aromatic rings. The fourth-order valence-corrected chi connectivity index (χ4v) is 3.47. The van der Waals surface area contributed by atoms with Crippen LogP contribution in [0.2, 0.25) is 5.02 Å². The predicted molar refractivity (Wildman–Crippen MR) is 99.6 cm³/mol. The summed E-state index contributed by atoms with van der Waals surface area (Å²) in [6.07, 6.45) is 0. The number of anilines is 1. The van der Waals surface area contributed by atoms with Crippen molar-refractivity contribution in [2.24, 2.45) is 5.73 Å². The Morgan fingerprint density at radius 3 is 2.35 bits per heavy atom. The van der Waals surface area contributed by atoms with Crippen LogP contribution in [0.15, 0.2) is 41.3 Å². The number of sulfonamides is 1. The molecule has 0 unspecified atom stereocenters. The van der Waals surface area contributed by atoms with Crippen LogP contribution >= 0.6 is 11.6 Å². The second-order valence-corrected chi connectivity index (χ2v) is 7.23. The van der Waals surface area contributed by atoms with Crippen molar-refractivity contribution in [2.75, 3.05) is 17.9 Å². The predicted octanol–water partition coefficient (Wildman–Crippen LogP) is 3.04. The van der Waals surface area contributed by atoms with Gasteiger partial charge in [-0.25, -0.2) is 8.42 Å². The van der Waals surface area contributed by atoms with E-state index in [9.17, 15) is 13.2 Å². The summed E-state index contributed by atoms with van der Waals surface area (Å²) in [7, 11) is -3.92. The third kappa shape index (κ3) is 4.59. The van der Waals surface area contributed by atoms with Crippen molar-refractivity contribution in [3.8, 4) is 11.5 Å². The van der Waals surface area contributed by atoms with Crippen molar-refractivity contribution >= 4 is 33.2 Å². The minimum atomic E-state index is -3.92. The molecule has 3 N–H and O–H groups in total. The molecular weight excluding hydrogens is 380 g/mol. The van der Waals surface area contributed by atoms with Crippen molar-refractivity contribution in [3.63, 3.8) is 0 Å². The highest BCUT2D eigenvalue weighted by Crippen LogP contribution is 2.31. The Balaban J connectivity index is 2.37. The lowest BCUT2D eigenvalue weighted by Crippen LogP contribution is -2.15. The molecule has 7 nitrogen and oxygen atoms in total. The Bertz CT molecular complexity index is 915. The van der Waals surface area contributed by atoms with Gasteiger partial charge in [0, 0.05) is 11.8 Å². The highest BCUT2D eigenvalue weighted by Gasteiger charge is 2.19. The van der Waals surface area contributed by atoms with Crippen molar-refractivity contribution in [1.29, 1.82) is 0 Å². The number of primary amides is 1. The third-order valence-electron chi connectivity index (χ3n) is 3.31. The monoisotopic (exact) mass is 398 g/mol. The molecule has 0 aromatic heterocycles. The molecule has 2 aromatic carbocycles. The molecule has 0 aliphatic rings. The van der Waals surface area contributed by atoms with Crippen molar-refractivity contribution in [2.45, 2.75) is 18.7 Å². The van der Waals surface area contributed by atoms with E-state index < -0.39 is 15.9 Å². The van der Waals surface area contributed by atoms with Gasteiger partial charge < -0.3 is 15.2 Å².